The summed E-state index contributed by atoms with van der Waals surface area (Å²) in [5.74, 6) is -0.183. The highest BCUT2D eigenvalue weighted by molar-refractivity contribution is 7.85. The fourth-order valence-corrected chi connectivity index (χ4v) is 3.41. The standard InChI is InChI=1S/C15H20BNO3S/c1-11-15(2,3)13-10-12(16)6-7-14(13)17(11)8-4-5-9-21(18,19)20/h6-7,10H,4-5,8-9H2,1-3H3/p+1. The summed E-state index contributed by atoms with van der Waals surface area (Å²) in [6, 6.07) is 5.92. The van der Waals surface area contributed by atoms with E-state index in [4.69, 9.17) is 12.4 Å². The van der Waals surface area contributed by atoms with Crippen molar-refractivity contribution in [1.29, 1.82) is 0 Å². The maximum absolute atomic E-state index is 10.8. The first-order chi connectivity index (χ1) is 9.63. The molecule has 4 nitrogen and oxygen atoms in total. The minimum absolute atomic E-state index is 0.0756. The molecule has 0 unspecified atom stereocenters. The summed E-state index contributed by atoms with van der Waals surface area (Å²) >= 11 is 0. The van der Waals surface area contributed by atoms with Gasteiger partial charge in [0.05, 0.1) is 11.2 Å². The van der Waals surface area contributed by atoms with Crippen molar-refractivity contribution < 1.29 is 17.5 Å². The third-order valence-corrected chi connectivity index (χ3v) is 5.13. The molecule has 0 saturated heterocycles. The van der Waals surface area contributed by atoms with E-state index >= 15 is 0 Å². The van der Waals surface area contributed by atoms with Gasteiger partial charge in [-0.1, -0.05) is 17.6 Å². The Morgan fingerprint density at radius 3 is 2.57 bits per heavy atom. The molecule has 21 heavy (non-hydrogen) atoms. The number of nitrogens with zero attached hydrogens (tertiary/aromatic N) is 1. The second kappa shape index (κ2) is 5.57. The average molecular weight is 306 g/mol. The first-order valence-corrected chi connectivity index (χ1v) is 8.70. The van der Waals surface area contributed by atoms with Crippen molar-refractivity contribution in [3.63, 3.8) is 0 Å². The lowest BCUT2D eigenvalue weighted by Gasteiger charge is -2.15. The van der Waals surface area contributed by atoms with Crippen molar-refractivity contribution in [1.82, 2.24) is 0 Å². The molecule has 0 spiro atoms. The number of unbranched alkanes of at least 4 members (excludes halogenated alkanes) is 1. The van der Waals surface area contributed by atoms with Gasteiger partial charge in [0.25, 0.3) is 10.1 Å². The van der Waals surface area contributed by atoms with Crippen LogP contribution in [0.15, 0.2) is 18.2 Å². The van der Waals surface area contributed by atoms with Crippen LogP contribution in [0.3, 0.4) is 0 Å². The van der Waals surface area contributed by atoms with Crippen molar-refractivity contribution in [3.05, 3.63) is 23.8 Å². The van der Waals surface area contributed by atoms with Crippen molar-refractivity contribution in [2.45, 2.75) is 39.0 Å². The molecule has 1 aliphatic rings. The monoisotopic (exact) mass is 306 g/mol. The zero-order valence-electron chi connectivity index (χ0n) is 12.8. The minimum Gasteiger partial charge on any atom is -0.286 e. The summed E-state index contributed by atoms with van der Waals surface area (Å²) in [6.07, 6.45) is 1.16. The smallest absolute Gasteiger partial charge is 0.264 e. The van der Waals surface area contributed by atoms with Crippen molar-refractivity contribution in [2.75, 3.05) is 12.3 Å². The van der Waals surface area contributed by atoms with E-state index in [0.717, 1.165) is 17.7 Å². The Hall–Kier alpha value is -1.14. The molecule has 112 valence electrons. The highest BCUT2D eigenvalue weighted by atomic mass is 32.2. The molecule has 0 aromatic heterocycles. The fourth-order valence-electron chi connectivity index (χ4n) is 2.85. The van der Waals surface area contributed by atoms with Crippen LogP contribution in [0.1, 0.15) is 39.2 Å². The molecule has 0 saturated carbocycles. The van der Waals surface area contributed by atoms with Gasteiger partial charge in [-0.05, 0) is 20.3 Å². The molecule has 0 atom stereocenters. The Morgan fingerprint density at radius 1 is 1.29 bits per heavy atom. The van der Waals surface area contributed by atoms with E-state index in [1.165, 1.54) is 11.3 Å². The number of fused-ring (bicyclic) bond motifs is 1. The van der Waals surface area contributed by atoms with Gasteiger partial charge in [0.15, 0.2) is 5.71 Å². The molecule has 1 aliphatic heterocycles. The maximum atomic E-state index is 10.8. The highest BCUT2D eigenvalue weighted by Crippen LogP contribution is 2.38. The molecule has 6 heteroatoms. The molecule has 0 amide bonds. The summed E-state index contributed by atoms with van der Waals surface area (Å²) < 4.78 is 32.5. The Bertz CT molecular complexity index is 693. The minimum atomic E-state index is -3.86. The van der Waals surface area contributed by atoms with Gasteiger partial charge in [-0.15, -0.1) is 0 Å². The molecule has 0 aliphatic carbocycles. The predicted molar refractivity (Wildman–Crippen MR) is 86.0 cm³/mol. The second-order valence-corrected chi connectivity index (χ2v) is 7.70. The lowest BCUT2D eigenvalue weighted by atomic mass is 9.80. The van der Waals surface area contributed by atoms with Gasteiger partial charge in [-0.25, -0.2) is 0 Å². The molecule has 1 N–H and O–H groups in total. The van der Waals surface area contributed by atoms with Crippen LogP contribution in [0.4, 0.5) is 5.69 Å². The van der Waals surface area contributed by atoms with E-state index < -0.39 is 10.1 Å². The van der Waals surface area contributed by atoms with Gasteiger partial charge in [0.2, 0.25) is 5.69 Å². The third kappa shape index (κ3) is 3.38. The lowest BCUT2D eigenvalue weighted by Crippen LogP contribution is -2.27. The van der Waals surface area contributed by atoms with E-state index in [-0.39, 0.29) is 11.2 Å². The van der Waals surface area contributed by atoms with Crippen LogP contribution < -0.4 is 5.46 Å². The molecule has 0 fully saturated rings. The molecular formula is C15H21BNO3S+. The first-order valence-electron chi connectivity index (χ1n) is 7.09. The number of benzene rings is 1. The largest absolute Gasteiger partial charge is 0.286 e. The topological polar surface area (TPSA) is 57.4 Å². The van der Waals surface area contributed by atoms with Crippen LogP contribution in [0.5, 0.6) is 0 Å². The Morgan fingerprint density at radius 2 is 1.95 bits per heavy atom. The summed E-state index contributed by atoms with van der Waals surface area (Å²) in [4.78, 5) is 0. The van der Waals surface area contributed by atoms with Gasteiger partial charge in [-0.3, -0.25) is 4.55 Å². The average Bonchev–Trinajstić information content (AvgIpc) is 2.54. The summed E-state index contributed by atoms with van der Waals surface area (Å²) in [6.45, 7) is 7.16. The van der Waals surface area contributed by atoms with Crippen molar-refractivity contribution in [2.24, 2.45) is 0 Å². The zero-order chi connectivity index (χ0) is 15.8. The predicted octanol–water partition coefficient (Wildman–Crippen LogP) is 1.54. The van der Waals surface area contributed by atoms with Crippen LogP contribution in [0, 0.1) is 0 Å². The van der Waals surface area contributed by atoms with Crippen LogP contribution in [-0.4, -0.2) is 43.4 Å². The molecule has 1 aromatic carbocycles. The lowest BCUT2D eigenvalue weighted by molar-refractivity contribution is -0.439. The molecule has 2 rings (SSSR count). The van der Waals surface area contributed by atoms with E-state index in [0.29, 0.717) is 12.8 Å². The molecule has 0 bridgehead atoms. The quantitative estimate of drug-likeness (QED) is 0.388. The molecular weight excluding hydrogens is 285 g/mol. The summed E-state index contributed by atoms with van der Waals surface area (Å²) in [5.41, 5.74) is 4.25. The van der Waals surface area contributed by atoms with Crippen molar-refractivity contribution >= 4 is 34.8 Å². The van der Waals surface area contributed by atoms with Gasteiger partial charge >= 0.3 is 0 Å². The second-order valence-electron chi connectivity index (χ2n) is 6.13. The molecule has 2 radical (unpaired) electrons. The van der Waals surface area contributed by atoms with E-state index in [9.17, 15) is 8.42 Å². The van der Waals surface area contributed by atoms with Gasteiger partial charge < -0.3 is 0 Å². The van der Waals surface area contributed by atoms with E-state index in [2.05, 4.69) is 25.3 Å². The van der Waals surface area contributed by atoms with E-state index in [1.807, 2.05) is 18.2 Å². The van der Waals surface area contributed by atoms with E-state index in [1.54, 1.807) is 0 Å². The number of rotatable bonds is 5. The fraction of sp³-hybridized carbons (Fsp3) is 0.533. The van der Waals surface area contributed by atoms with Crippen LogP contribution in [0.2, 0.25) is 0 Å². The Kier molecular flexibility index (Phi) is 4.31. The van der Waals surface area contributed by atoms with Crippen LogP contribution >= 0.6 is 0 Å². The maximum Gasteiger partial charge on any atom is 0.264 e. The summed E-state index contributed by atoms with van der Waals surface area (Å²) in [5, 5.41) is 0. The number of hydrogen-bond acceptors (Lipinski definition) is 2. The Balaban J connectivity index is 2.18. The van der Waals surface area contributed by atoms with Gasteiger partial charge in [0.1, 0.15) is 14.4 Å². The molecule has 1 aromatic rings. The van der Waals surface area contributed by atoms with Crippen LogP contribution in [0.25, 0.3) is 0 Å². The molecule has 1 heterocycles. The summed E-state index contributed by atoms with van der Waals surface area (Å²) in [7, 11) is 2.03. The Labute approximate surface area is 128 Å². The third-order valence-electron chi connectivity index (χ3n) is 4.33. The van der Waals surface area contributed by atoms with Crippen LogP contribution in [-0.2, 0) is 15.5 Å². The normalized spacial score (nSPS) is 17.1. The zero-order valence-corrected chi connectivity index (χ0v) is 13.6. The SMILES string of the molecule is [B]c1ccc2c(c1)C(C)(C)C(C)=[N+]2CCCCS(=O)(=O)O. The highest BCUT2D eigenvalue weighted by Gasteiger charge is 2.42. The van der Waals surface area contributed by atoms with Gasteiger partial charge in [-0.2, -0.15) is 13.0 Å². The first kappa shape index (κ1) is 16.2. The number of hydrogen-bond donors (Lipinski definition) is 1. The van der Waals surface area contributed by atoms with Crippen molar-refractivity contribution in [3.8, 4) is 0 Å². The van der Waals surface area contributed by atoms with Gasteiger partial charge in [0, 0.05) is 25.0 Å².